The molecule has 192 valence electrons. The number of anilines is 1. The van der Waals surface area contributed by atoms with Crippen molar-refractivity contribution in [3.63, 3.8) is 0 Å². The quantitative estimate of drug-likeness (QED) is 0.305. The lowest BCUT2D eigenvalue weighted by Crippen LogP contribution is -2.27. The Morgan fingerprint density at radius 3 is 2.45 bits per heavy atom. The van der Waals surface area contributed by atoms with E-state index in [9.17, 15) is 18.0 Å². The van der Waals surface area contributed by atoms with E-state index in [1.54, 1.807) is 25.3 Å². The smallest absolute Gasteiger partial charge is 0.418 e. The molecule has 0 fully saturated rings. The molecule has 38 heavy (non-hydrogen) atoms. The summed E-state index contributed by atoms with van der Waals surface area (Å²) in [5, 5.41) is 7.35. The maximum atomic E-state index is 14.1. The van der Waals surface area contributed by atoms with Crippen LogP contribution in [0.15, 0.2) is 82.7 Å². The first kappa shape index (κ1) is 24.9. The Bertz CT molecular complexity index is 1650. The molecule has 0 aliphatic heterocycles. The van der Waals surface area contributed by atoms with Gasteiger partial charge in [-0.1, -0.05) is 6.07 Å². The Labute approximate surface area is 214 Å². The van der Waals surface area contributed by atoms with Crippen LogP contribution in [-0.4, -0.2) is 31.3 Å². The van der Waals surface area contributed by atoms with Gasteiger partial charge < -0.3 is 9.73 Å². The number of rotatable bonds is 6. The number of hydrogen-bond acceptors (Lipinski definition) is 7. The minimum atomic E-state index is -4.75. The van der Waals surface area contributed by atoms with Crippen LogP contribution in [-0.2, 0) is 6.18 Å². The molecule has 0 radical (unpaired) electrons. The topological polar surface area (TPSA) is 98.7 Å². The van der Waals surface area contributed by atoms with Gasteiger partial charge in [-0.15, -0.1) is 0 Å². The van der Waals surface area contributed by atoms with Crippen molar-refractivity contribution in [2.45, 2.75) is 20.0 Å². The number of hydrogen-bond donors (Lipinski definition) is 1. The van der Waals surface area contributed by atoms with Crippen LogP contribution in [0.2, 0.25) is 0 Å². The molecular formula is C27H21F3N6O2. The van der Waals surface area contributed by atoms with E-state index in [0.717, 1.165) is 16.3 Å². The van der Waals surface area contributed by atoms with Crippen LogP contribution in [0, 0.1) is 6.92 Å². The molecule has 0 atom stereocenters. The number of aryl methyl sites for hydroxylation is 1. The summed E-state index contributed by atoms with van der Waals surface area (Å²) >= 11 is 0. The van der Waals surface area contributed by atoms with Crippen molar-refractivity contribution in [2.24, 2.45) is 0 Å². The van der Waals surface area contributed by atoms with Crippen molar-refractivity contribution < 1.29 is 17.6 Å². The molecule has 8 nitrogen and oxygen atoms in total. The third-order valence-electron chi connectivity index (χ3n) is 5.72. The third-order valence-corrected chi connectivity index (χ3v) is 5.72. The predicted octanol–water partition coefficient (Wildman–Crippen LogP) is 5.77. The van der Waals surface area contributed by atoms with Crippen LogP contribution in [0.25, 0.3) is 39.7 Å². The van der Waals surface area contributed by atoms with E-state index in [0.29, 0.717) is 34.7 Å². The average Bonchev–Trinajstić information content (AvgIpc) is 3.45. The predicted molar refractivity (Wildman–Crippen MR) is 136 cm³/mol. The maximum absolute atomic E-state index is 14.1. The largest absolute Gasteiger partial charge is 0.444 e. The SMILES string of the molecule is CCNc1cc(-c2cc(C)cc(-c3cnco3)c2)nn(-c2cc(-c3ncccn3)ccc2C(F)(F)F)c1=O. The van der Waals surface area contributed by atoms with Crippen molar-refractivity contribution in [2.75, 3.05) is 11.9 Å². The highest BCUT2D eigenvalue weighted by molar-refractivity contribution is 5.72. The number of nitrogens with zero attached hydrogens (tertiary/aromatic N) is 5. The van der Waals surface area contributed by atoms with Gasteiger partial charge in [0.05, 0.1) is 23.1 Å². The maximum Gasteiger partial charge on any atom is 0.418 e. The monoisotopic (exact) mass is 518 g/mol. The fourth-order valence-electron chi connectivity index (χ4n) is 4.08. The second-order valence-electron chi connectivity index (χ2n) is 8.45. The first-order chi connectivity index (χ1) is 18.2. The molecule has 5 rings (SSSR count). The number of benzene rings is 2. The molecule has 0 aliphatic rings. The van der Waals surface area contributed by atoms with Crippen LogP contribution in [0.4, 0.5) is 18.9 Å². The molecule has 0 spiro atoms. The van der Waals surface area contributed by atoms with E-state index >= 15 is 0 Å². The highest BCUT2D eigenvalue weighted by Gasteiger charge is 2.35. The van der Waals surface area contributed by atoms with Crippen LogP contribution >= 0.6 is 0 Å². The first-order valence-corrected chi connectivity index (χ1v) is 11.6. The summed E-state index contributed by atoms with van der Waals surface area (Å²) in [5.74, 6) is 0.735. The molecule has 5 aromatic rings. The lowest BCUT2D eigenvalue weighted by atomic mass is 10.0. The van der Waals surface area contributed by atoms with E-state index in [1.165, 1.54) is 37.0 Å². The highest BCUT2D eigenvalue weighted by atomic mass is 19.4. The average molecular weight is 518 g/mol. The number of halogens is 3. The minimum Gasteiger partial charge on any atom is -0.444 e. The molecule has 0 saturated carbocycles. The first-order valence-electron chi connectivity index (χ1n) is 11.6. The molecule has 11 heteroatoms. The zero-order valence-corrected chi connectivity index (χ0v) is 20.3. The van der Waals surface area contributed by atoms with Crippen LogP contribution in [0.3, 0.4) is 0 Å². The normalized spacial score (nSPS) is 11.5. The summed E-state index contributed by atoms with van der Waals surface area (Å²) in [5.41, 5.74) is 0.680. The molecule has 0 aliphatic carbocycles. The molecule has 0 bridgehead atoms. The fourth-order valence-corrected chi connectivity index (χ4v) is 4.08. The minimum absolute atomic E-state index is 0.106. The Kier molecular flexibility index (Phi) is 6.50. The van der Waals surface area contributed by atoms with Gasteiger partial charge in [-0.3, -0.25) is 4.79 Å². The van der Waals surface area contributed by atoms with Crippen molar-refractivity contribution >= 4 is 5.69 Å². The molecule has 3 aromatic heterocycles. The lowest BCUT2D eigenvalue weighted by Gasteiger charge is -2.17. The van der Waals surface area contributed by atoms with Gasteiger partial charge in [0.2, 0.25) is 0 Å². The second kappa shape index (κ2) is 9.92. The van der Waals surface area contributed by atoms with Crippen molar-refractivity contribution in [1.29, 1.82) is 0 Å². The van der Waals surface area contributed by atoms with Gasteiger partial charge in [0.15, 0.2) is 18.0 Å². The van der Waals surface area contributed by atoms with Crippen LogP contribution < -0.4 is 10.9 Å². The van der Waals surface area contributed by atoms with E-state index in [1.807, 2.05) is 19.1 Å². The van der Waals surface area contributed by atoms with Crippen LogP contribution in [0.5, 0.6) is 0 Å². The van der Waals surface area contributed by atoms with E-state index in [2.05, 4.69) is 25.4 Å². The Morgan fingerprint density at radius 2 is 1.76 bits per heavy atom. The van der Waals surface area contributed by atoms with Gasteiger partial charge in [0.25, 0.3) is 5.56 Å². The zero-order valence-electron chi connectivity index (χ0n) is 20.3. The summed E-state index contributed by atoms with van der Waals surface area (Å²) < 4.78 is 48.6. The molecule has 0 saturated heterocycles. The number of oxazole rings is 1. The highest BCUT2D eigenvalue weighted by Crippen LogP contribution is 2.36. The second-order valence-corrected chi connectivity index (χ2v) is 8.45. The van der Waals surface area contributed by atoms with Crippen molar-refractivity contribution in [3.05, 3.63) is 95.0 Å². The molecular weight excluding hydrogens is 497 g/mol. The molecule has 2 aromatic carbocycles. The number of nitrogens with one attached hydrogen (secondary N) is 1. The number of alkyl halides is 3. The van der Waals surface area contributed by atoms with Crippen molar-refractivity contribution in [3.8, 4) is 39.7 Å². The molecule has 3 heterocycles. The van der Waals surface area contributed by atoms with Crippen molar-refractivity contribution in [1.82, 2.24) is 24.7 Å². The molecule has 0 amide bonds. The lowest BCUT2D eigenvalue weighted by molar-refractivity contribution is -0.137. The molecule has 1 N–H and O–H groups in total. The van der Waals surface area contributed by atoms with E-state index in [-0.39, 0.29) is 11.5 Å². The van der Waals surface area contributed by atoms with E-state index < -0.39 is 23.0 Å². The van der Waals surface area contributed by atoms with E-state index in [4.69, 9.17) is 4.42 Å². The van der Waals surface area contributed by atoms with Gasteiger partial charge in [-0.05, 0) is 61.9 Å². The van der Waals surface area contributed by atoms with Gasteiger partial charge in [0, 0.05) is 35.6 Å². The van der Waals surface area contributed by atoms with Crippen LogP contribution in [0.1, 0.15) is 18.1 Å². The Balaban J connectivity index is 1.76. The fraction of sp³-hybridized carbons (Fsp3) is 0.148. The summed E-state index contributed by atoms with van der Waals surface area (Å²) in [4.78, 5) is 25.6. The number of aromatic nitrogens is 5. The summed E-state index contributed by atoms with van der Waals surface area (Å²) in [6.07, 6.45) is 1.09. The summed E-state index contributed by atoms with van der Waals surface area (Å²) in [6.45, 7) is 4.03. The van der Waals surface area contributed by atoms with Gasteiger partial charge >= 0.3 is 6.18 Å². The van der Waals surface area contributed by atoms with Gasteiger partial charge in [-0.2, -0.15) is 23.0 Å². The summed E-state index contributed by atoms with van der Waals surface area (Å²) in [7, 11) is 0. The molecule has 0 unspecified atom stereocenters. The van der Waals surface area contributed by atoms with Gasteiger partial charge in [0.1, 0.15) is 5.69 Å². The zero-order chi connectivity index (χ0) is 26.9. The Morgan fingerprint density at radius 1 is 1.00 bits per heavy atom. The summed E-state index contributed by atoms with van der Waals surface area (Å²) in [6, 6.07) is 12.0. The standard InChI is InChI=1S/C27H21F3N6O2/c1-3-32-22-13-21(18-9-16(2)10-19(11-18)24-14-31-15-38-24)35-36(26(22)37)23-12-17(25-33-7-4-8-34-25)5-6-20(23)27(28,29)30/h4-15,32H,3H2,1-2H3. The third kappa shape index (κ3) is 4.90. The Hall–Kier alpha value is -4.80. The van der Waals surface area contributed by atoms with Gasteiger partial charge in [-0.25, -0.2) is 15.0 Å².